The van der Waals surface area contributed by atoms with Gasteiger partial charge in [-0.1, -0.05) is 6.07 Å². The molecule has 4 amide bonds. The number of ether oxygens (including phenoxy) is 2. The number of benzene rings is 1. The predicted molar refractivity (Wildman–Crippen MR) is 83.3 cm³/mol. The maximum Gasteiger partial charge on any atom is 0.331 e. The van der Waals surface area contributed by atoms with Gasteiger partial charge in [0.05, 0.1) is 12.8 Å². The summed E-state index contributed by atoms with van der Waals surface area (Å²) in [5, 5.41) is 2.16. The van der Waals surface area contributed by atoms with Crippen LogP contribution in [0.5, 0.6) is 11.5 Å². The van der Waals surface area contributed by atoms with Crippen molar-refractivity contribution in [3.8, 4) is 11.5 Å². The Hall–Kier alpha value is -3.55. The number of nitrogens with one attached hydrogen (secondary N) is 1. The highest BCUT2D eigenvalue weighted by Crippen LogP contribution is 2.33. The highest BCUT2D eigenvalue weighted by atomic mass is 16.7. The molecule has 0 spiro atoms. The Labute approximate surface area is 141 Å². The second-order valence-electron chi connectivity index (χ2n) is 5.40. The molecule has 8 nitrogen and oxygen atoms in total. The number of barbiturate groups is 1. The third-order valence-electron chi connectivity index (χ3n) is 3.79. The van der Waals surface area contributed by atoms with Crippen molar-refractivity contribution in [3.63, 3.8) is 0 Å². The van der Waals surface area contributed by atoms with Gasteiger partial charge in [0.2, 0.25) is 6.79 Å². The number of nitrogens with zero attached hydrogens (tertiary/aromatic N) is 1. The first kappa shape index (κ1) is 15.0. The fraction of sp³-hybridized carbons (Fsp3) is 0.118. The smallest absolute Gasteiger partial charge is 0.331 e. The lowest BCUT2D eigenvalue weighted by atomic mass is 10.1. The molecular formula is C17H12N2O6. The van der Waals surface area contributed by atoms with Crippen LogP contribution < -0.4 is 14.8 Å². The van der Waals surface area contributed by atoms with E-state index in [-0.39, 0.29) is 18.9 Å². The zero-order chi connectivity index (χ0) is 17.4. The molecule has 25 heavy (non-hydrogen) atoms. The van der Waals surface area contributed by atoms with Gasteiger partial charge in [-0.15, -0.1) is 0 Å². The predicted octanol–water partition coefficient (Wildman–Crippen LogP) is 1.67. The summed E-state index contributed by atoms with van der Waals surface area (Å²) in [6.07, 6.45) is 2.84. The van der Waals surface area contributed by atoms with Gasteiger partial charge in [0, 0.05) is 0 Å². The SMILES string of the molecule is O=C1NC(=O)N(Cc2ccco2)C(=O)/C1=C/c1ccc2c(c1)OCO2. The number of imide groups is 2. The number of furan rings is 1. The van der Waals surface area contributed by atoms with Gasteiger partial charge in [-0.2, -0.15) is 0 Å². The summed E-state index contributed by atoms with van der Waals surface area (Å²) in [5.74, 6) is 0.115. The van der Waals surface area contributed by atoms with E-state index in [4.69, 9.17) is 13.9 Å². The Bertz CT molecular complexity index is 900. The molecule has 1 fully saturated rings. The van der Waals surface area contributed by atoms with Crippen molar-refractivity contribution < 1.29 is 28.3 Å². The molecule has 0 bridgehead atoms. The Morgan fingerprint density at radius 2 is 1.96 bits per heavy atom. The van der Waals surface area contributed by atoms with Crippen LogP contribution >= 0.6 is 0 Å². The zero-order valence-electron chi connectivity index (χ0n) is 12.9. The van der Waals surface area contributed by atoms with E-state index < -0.39 is 17.8 Å². The van der Waals surface area contributed by atoms with E-state index in [1.165, 1.54) is 12.3 Å². The standard InChI is InChI=1S/C17H12N2O6/c20-15-12(6-10-3-4-13-14(7-10)25-9-24-13)16(21)19(17(22)18-15)8-11-2-1-5-23-11/h1-7H,8-9H2,(H,18,20,22)/b12-6+. The van der Waals surface area contributed by atoms with Crippen molar-refractivity contribution in [2.45, 2.75) is 6.54 Å². The molecule has 8 heteroatoms. The minimum Gasteiger partial charge on any atom is -0.467 e. The van der Waals surface area contributed by atoms with Gasteiger partial charge in [0.1, 0.15) is 11.3 Å². The number of carbonyl (C=O) groups excluding carboxylic acids is 3. The Morgan fingerprint density at radius 1 is 1.12 bits per heavy atom. The van der Waals surface area contributed by atoms with Crippen LogP contribution in [0.3, 0.4) is 0 Å². The van der Waals surface area contributed by atoms with Gasteiger partial charge in [-0.25, -0.2) is 4.79 Å². The maximum atomic E-state index is 12.6. The van der Waals surface area contributed by atoms with Gasteiger partial charge in [0.25, 0.3) is 11.8 Å². The molecule has 1 N–H and O–H groups in total. The average molecular weight is 340 g/mol. The quantitative estimate of drug-likeness (QED) is 0.674. The zero-order valence-corrected chi connectivity index (χ0v) is 12.9. The lowest BCUT2D eigenvalue weighted by Crippen LogP contribution is -2.53. The number of carbonyl (C=O) groups is 3. The minimum atomic E-state index is -0.783. The van der Waals surface area contributed by atoms with E-state index in [0.717, 1.165) is 4.90 Å². The van der Waals surface area contributed by atoms with Crippen LogP contribution in [0.15, 0.2) is 46.6 Å². The minimum absolute atomic E-state index is 0.0660. The second-order valence-corrected chi connectivity index (χ2v) is 5.40. The van der Waals surface area contributed by atoms with Crippen molar-refractivity contribution in [2.75, 3.05) is 6.79 Å². The highest BCUT2D eigenvalue weighted by Gasteiger charge is 2.36. The molecule has 1 saturated heterocycles. The molecule has 2 aliphatic heterocycles. The Morgan fingerprint density at radius 3 is 2.76 bits per heavy atom. The van der Waals surface area contributed by atoms with Crippen molar-refractivity contribution >= 4 is 23.9 Å². The first-order valence-electron chi connectivity index (χ1n) is 7.43. The van der Waals surface area contributed by atoms with E-state index >= 15 is 0 Å². The van der Waals surface area contributed by atoms with Crippen LogP contribution in [-0.2, 0) is 16.1 Å². The van der Waals surface area contributed by atoms with Crippen molar-refractivity contribution in [2.24, 2.45) is 0 Å². The van der Waals surface area contributed by atoms with Gasteiger partial charge >= 0.3 is 6.03 Å². The lowest BCUT2D eigenvalue weighted by molar-refractivity contribution is -0.130. The summed E-state index contributed by atoms with van der Waals surface area (Å²) in [7, 11) is 0. The molecule has 4 rings (SSSR count). The first-order valence-corrected chi connectivity index (χ1v) is 7.43. The molecule has 2 aliphatic rings. The van der Waals surface area contributed by atoms with Crippen LogP contribution in [0.1, 0.15) is 11.3 Å². The Balaban J connectivity index is 1.64. The summed E-state index contributed by atoms with van der Waals surface area (Å²) in [6, 6.07) is 7.53. The molecule has 0 saturated carbocycles. The molecule has 0 atom stereocenters. The van der Waals surface area contributed by atoms with Crippen LogP contribution in [0.2, 0.25) is 0 Å². The largest absolute Gasteiger partial charge is 0.467 e. The third kappa shape index (κ3) is 2.74. The number of fused-ring (bicyclic) bond motifs is 1. The van der Waals surface area contributed by atoms with E-state index in [9.17, 15) is 14.4 Å². The Kier molecular flexibility index (Phi) is 3.50. The third-order valence-corrected chi connectivity index (χ3v) is 3.79. The van der Waals surface area contributed by atoms with Crippen molar-refractivity contribution in [1.29, 1.82) is 0 Å². The van der Waals surface area contributed by atoms with Gasteiger partial charge in [-0.05, 0) is 35.9 Å². The van der Waals surface area contributed by atoms with E-state index in [1.807, 2.05) is 0 Å². The number of urea groups is 1. The maximum absolute atomic E-state index is 12.6. The molecule has 0 radical (unpaired) electrons. The average Bonchev–Trinajstić information content (AvgIpc) is 3.26. The highest BCUT2D eigenvalue weighted by molar-refractivity contribution is 6.30. The topological polar surface area (TPSA) is 98.1 Å². The van der Waals surface area contributed by atoms with Crippen LogP contribution in [0.4, 0.5) is 4.79 Å². The summed E-state index contributed by atoms with van der Waals surface area (Å²) in [6.45, 7) is 0.0592. The summed E-state index contributed by atoms with van der Waals surface area (Å²) in [5.41, 5.74) is 0.431. The van der Waals surface area contributed by atoms with Crippen LogP contribution in [0.25, 0.3) is 6.08 Å². The fourth-order valence-electron chi connectivity index (χ4n) is 2.57. The monoisotopic (exact) mass is 340 g/mol. The van der Waals surface area contributed by atoms with Crippen LogP contribution in [0, 0.1) is 0 Å². The van der Waals surface area contributed by atoms with E-state index in [2.05, 4.69) is 5.32 Å². The molecule has 2 aromatic rings. The van der Waals surface area contributed by atoms with Crippen LogP contribution in [-0.4, -0.2) is 29.5 Å². The molecule has 1 aromatic heterocycles. The van der Waals surface area contributed by atoms with Crippen molar-refractivity contribution in [1.82, 2.24) is 10.2 Å². The fourth-order valence-corrected chi connectivity index (χ4v) is 2.57. The first-order chi connectivity index (χ1) is 12.1. The number of rotatable bonds is 3. The molecule has 0 unspecified atom stereocenters. The number of hydrogen-bond donors (Lipinski definition) is 1. The van der Waals surface area contributed by atoms with Gasteiger partial charge in [-0.3, -0.25) is 19.8 Å². The molecule has 1 aromatic carbocycles. The number of hydrogen-bond acceptors (Lipinski definition) is 6. The van der Waals surface area contributed by atoms with Crippen molar-refractivity contribution in [3.05, 3.63) is 53.5 Å². The van der Waals surface area contributed by atoms with Gasteiger partial charge < -0.3 is 13.9 Å². The normalized spacial score (nSPS) is 18.0. The van der Waals surface area contributed by atoms with E-state index in [0.29, 0.717) is 22.8 Å². The molecular weight excluding hydrogens is 328 g/mol. The van der Waals surface area contributed by atoms with E-state index in [1.54, 1.807) is 30.3 Å². The molecule has 3 heterocycles. The summed E-state index contributed by atoms with van der Waals surface area (Å²) < 4.78 is 15.7. The summed E-state index contributed by atoms with van der Waals surface area (Å²) in [4.78, 5) is 37.5. The molecule has 0 aliphatic carbocycles. The number of amides is 4. The molecule has 126 valence electrons. The van der Waals surface area contributed by atoms with Gasteiger partial charge in [0.15, 0.2) is 11.5 Å². The lowest BCUT2D eigenvalue weighted by Gasteiger charge is -2.25. The summed E-state index contributed by atoms with van der Waals surface area (Å²) >= 11 is 0. The second kappa shape index (κ2) is 5.82.